The fourth-order valence-electron chi connectivity index (χ4n) is 1.90. The molecule has 0 atom stereocenters. The lowest BCUT2D eigenvalue weighted by molar-refractivity contribution is -0.117. The molecule has 3 rings (SSSR count). The summed E-state index contributed by atoms with van der Waals surface area (Å²) in [6, 6.07) is 6.81. The first-order valence-electron chi connectivity index (χ1n) is 6.80. The van der Waals surface area contributed by atoms with Crippen LogP contribution in [0.1, 0.15) is 0 Å². The zero-order chi connectivity index (χ0) is 16.9. The van der Waals surface area contributed by atoms with E-state index in [-0.39, 0.29) is 11.4 Å². The van der Waals surface area contributed by atoms with Crippen molar-refractivity contribution in [2.75, 3.05) is 11.1 Å². The number of imide groups is 1. The van der Waals surface area contributed by atoms with Gasteiger partial charge in [0, 0.05) is 5.39 Å². The second-order valence-electron chi connectivity index (χ2n) is 4.59. The maximum absolute atomic E-state index is 13.4. The Kier molecular flexibility index (Phi) is 5.02. The number of halogens is 1. The van der Waals surface area contributed by atoms with E-state index in [0.29, 0.717) is 5.03 Å². The zero-order valence-electron chi connectivity index (χ0n) is 12.2. The number of thiophene rings is 1. The molecule has 0 bridgehead atoms. The van der Waals surface area contributed by atoms with Gasteiger partial charge in [0.2, 0.25) is 5.91 Å². The van der Waals surface area contributed by atoms with Crippen molar-refractivity contribution in [2.45, 2.75) is 5.03 Å². The predicted octanol–water partition coefficient (Wildman–Crippen LogP) is 3.27. The second-order valence-corrected chi connectivity index (χ2v) is 6.45. The number of amides is 3. The Hall–Kier alpha value is -2.52. The molecule has 0 radical (unpaired) electrons. The highest BCUT2D eigenvalue weighted by molar-refractivity contribution is 8.00. The van der Waals surface area contributed by atoms with E-state index in [9.17, 15) is 14.0 Å². The van der Waals surface area contributed by atoms with Gasteiger partial charge in [0.15, 0.2) is 0 Å². The summed E-state index contributed by atoms with van der Waals surface area (Å²) in [5, 5.41) is 7.87. The minimum absolute atomic E-state index is 0.00577. The first-order valence-corrected chi connectivity index (χ1v) is 8.66. The Morgan fingerprint density at radius 3 is 2.88 bits per heavy atom. The van der Waals surface area contributed by atoms with Gasteiger partial charge < -0.3 is 5.32 Å². The van der Waals surface area contributed by atoms with Gasteiger partial charge in [-0.05, 0) is 23.6 Å². The molecule has 0 fully saturated rings. The van der Waals surface area contributed by atoms with Gasteiger partial charge in [0.1, 0.15) is 22.0 Å². The number of para-hydroxylation sites is 1. The van der Waals surface area contributed by atoms with Crippen LogP contribution in [-0.4, -0.2) is 27.7 Å². The monoisotopic (exact) mass is 362 g/mol. The van der Waals surface area contributed by atoms with Crippen LogP contribution in [0.2, 0.25) is 0 Å². The smallest absolute Gasteiger partial charge is 0.305 e. The third-order valence-electron chi connectivity index (χ3n) is 2.94. The van der Waals surface area contributed by atoms with Crippen LogP contribution in [0.25, 0.3) is 10.2 Å². The number of carbonyl (C=O) groups excluding carboxylic acids is 2. The third kappa shape index (κ3) is 3.87. The van der Waals surface area contributed by atoms with E-state index in [1.807, 2.05) is 11.4 Å². The molecule has 6 nitrogen and oxygen atoms in total. The summed E-state index contributed by atoms with van der Waals surface area (Å²) in [5.41, 5.74) is 0.00577. The van der Waals surface area contributed by atoms with E-state index in [1.54, 1.807) is 6.07 Å². The number of nitrogens with one attached hydrogen (secondary N) is 2. The molecule has 2 aromatic heterocycles. The summed E-state index contributed by atoms with van der Waals surface area (Å²) in [7, 11) is 0. The van der Waals surface area contributed by atoms with Crippen molar-refractivity contribution in [3.8, 4) is 0 Å². The number of anilines is 1. The van der Waals surface area contributed by atoms with Gasteiger partial charge in [-0.2, -0.15) is 0 Å². The molecule has 0 spiro atoms. The van der Waals surface area contributed by atoms with Crippen LogP contribution in [0, 0.1) is 5.82 Å². The van der Waals surface area contributed by atoms with Gasteiger partial charge in [-0.15, -0.1) is 11.3 Å². The highest BCUT2D eigenvalue weighted by Crippen LogP contribution is 2.27. The largest absolute Gasteiger partial charge is 0.325 e. The molecule has 0 aliphatic heterocycles. The molecule has 0 aliphatic carbocycles. The Bertz CT molecular complexity index is 900. The van der Waals surface area contributed by atoms with Crippen LogP contribution in [0.15, 0.2) is 47.1 Å². The first-order chi connectivity index (χ1) is 11.6. The SMILES string of the molecule is O=C(CSc1ncnc2sccc12)NC(=O)Nc1ccccc1F. The lowest BCUT2D eigenvalue weighted by Gasteiger charge is -2.07. The lowest BCUT2D eigenvalue weighted by Crippen LogP contribution is -2.35. The second kappa shape index (κ2) is 7.37. The topological polar surface area (TPSA) is 84.0 Å². The Labute approximate surface area is 144 Å². The van der Waals surface area contributed by atoms with E-state index in [2.05, 4.69) is 20.6 Å². The van der Waals surface area contributed by atoms with E-state index >= 15 is 0 Å². The standard InChI is InChI=1S/C15H11FN4O2S2/c16-10-3-1-2-4-11(10)19-15(22)20-12(21)7-24-14-9-5-6-23-13(9)17-8-18-14/h1-6,8H,7H2,(H2,19,20,21,22). The van der Waals surface area contributed by atoms with Gasteiger partial charge in [0.05, 0.1) is 11.4 Å². The van der Waals surface area contributed by atoms with Crippen molar-refractivity contribution in [3.63, 3.8) is 0 Å². The number of thioether (sulfide) groups is 1. The summed E-state index contributed by atoms with van der Waals surface area (Å²) in [4.78, 5) is 32.7. The molecule has 3 amide bonds. The minimum atomic E-state index is -0.783. The quantitative estimate of drug-likeness (QED) is 0.550. The highest BCUT2D eigenvalue weighted by Gasteiger charge is 2.12. The number of carbonyl (C=O) groups is 2. The van der Waals surface area contributed by atoms with Crippen LogP contribution >= 0.6 is 23.1 Å². The summed E-state index contributed by atoms with van der Waals surface area (Å²) >= 11 is 2.69. The molecule has 0 unspecified atom stereocenters. The summed E-state index contributed by atoms with van der Waals surface area (Å²) in [6.07, 6.45) is 1.43. The Balaban J connectivity index is 1.55. The molecular formula is C15H11FN4O2S2. The zero-order valence-corrected chi connectivity index (χ0v) is 13.8. The number of benzene rings is 1. The van der Waals surface area contributed by atoms with Crippen LogP contribution in [0.3, 0.4) is 0 Å². The first kappa shape index (κ1) is 16.3. The van der Waals surface area contributed by atoms with E-state index in [1.165, 1.54) is 47.6 Å². The molecule has 24 heavy (non-hydrogen) atoms. The Morgan fingerprint density at radius 1 is 1.21 bits per heavy atom. The number of aromatic nitrogens is 2. The number of fused-ring (bicyclic) bond motifs is 1. The number of hydrogen-bond acceptors (Lipinski definition) is 6. The highest BCUT2D eigenvalue weighted by atomic mass is 32.2. The van der Waals surface area contributed by atoms with E-state index in [0.717, 1.165) is 10.2 Å². The molecule has 0 aliphatic rings. The molecule has 2 heterocycles. The van der Waals surface area contributed by atoms with Crippen molar-refractivity contribution in [2.24, 2.45) is 0 Å². The third-order valence-corrected chi connectivity index (χ3v) is 4.77. The molecular weight excluding hydrogens is 351 g/mol. The Morgan fingerprint density at radius 2 is 2.04 bits per heavy atom. The number of nitrogens with zero attached hydrogens (tertiary/aromatic N) is 2. The van der Waals surface area contributed by atoms with Crippen LogP contribution < -0.4 is 10.6 Å². The number of hydrogen-bond donors (Lipinski definition) is 2. The maximum Gasteiger partial charge on any atom is 0.325 e. The van der Waals surface area contributed by atoms with Crippen LogP contribution in [0.5, 0.6) is 0 Å². The molecule has 9 heteroatoms. The fourth-order valence-corrected chi connectivity index (χ4v) is 3.47. The summed E-state index contributed by atoms with van der Waals surface area (Å²) < 4.78 is 13.4. The van der Waals surface area contributed by atoms with Crippen molar-refractivity contribution < 1.29 is 14.0 Å². The van der Waals surface area contributed by atoms with Gasteiger partial charge >= 0.3 is 6.03 Å². The maximum atomic E-state index is 13.4. The van der Waals surface area contributed by atoms with Crippen LogP contribution in [-0.2, 0) is 4.79 Å². The lowest BCUT2D eigenvalue weighted by atomic mass is 10.3. The molecule has 2 N–H and O–H groups in total. The van der Waals surface area contributed by atoms with E-state index in [4.69, 9.17) is 0 Å². The van der Waals surface area contributed by atoms with Gasteiger partial charge in [0.25, 0.3) is 0 Å². The predicted molar refractivity (Wildman–Crippen MR) is 91.7 cm³/mol. The molecule has 0 saturated heterocycles. The molecule has 0 saturated carbocycles. The molecule has 3 aromatic rings. The molecule has 122 valence electrons. The minimum Gasteiger partial charge on any atom is -0.305 e. The normalized spacial score (nSPS) is 10.5. The summed E-state index contributed by atoms with van der Waals surface area (Å²) in [6.45, 7) is 0. The van der Waals surface area contributed by atoms with Crippen molar-refractivity contribution in [1.82, 2.24) is 15.3 Å². The van der Waals surface area contributed by atoms with Crippen molar-refractivity contribution >= 4 is 50.9 Å². The fraction of sp³-hybridized carbons (Fsp3) is 0.0667. The average molecular weight is 362 g/mol. The van der Waals surface area contributed by atoms with Crippen LogP contribution in [0.4, 0.5) is 14.9 Å². The van der Waals surface area contributed by atoms with Gasteiger partial charge in [-0.3, -0.25) is 10.1 Å². The van der Waals surface area contributed by atoms with Gasteiger partial charge in [-0.1, -0.05) is 23.9 Å². The van der Waals surface area contributed by atoms with E-state index < -0.39 is 17.8 Å². The average Bonchev–Trinajstić information content (AvgIpc) is 3.04. The molecule has 1 aromatic carbocycles. The van der Waals surface area contributed by atoms with Gasteiger partial charge in [-0.25, -0.2) is 19.2 Å². The van der Waals surface area contributed by atoms with Crippen molar-refractivity contribution in [1.29, 1.82) is 0 Å². The number of urea groups is 1. The number of rotatable bonds is 4. The van der Waals surface area contributed by atoms with Crippen molar-refractivity contribution in [3.05, 3.63) is 47.9 Å². The summed E-state index contributed by atoms with van der Waals surface area (Å²) in [5.74, 6) is -1.07.